The molecule has 8 heteroatoms. The van der Waals surface area contributed by atoms with Crippen LogP contribution in [0, 0.1) is 0 Å². The van der Waals surface area contributed by atoms with Crippen molar-refractivity contribution in [3.8, 4) is 16.9 Å². The Kier molecular flexibility index (Phi) is 5.83. The first-order chi connectivity index (χ1) is 16.4. The predicted octanol–water partition coefficient (Wildman–Crippen LogP) is 4.45. The Bertz CT molecular complexity index is 1460. The standard InChI is InChI=1S/C26H25N3O4S/c1-2-13-34(31,32)22-7-3-18(4-8-22)26(30)29-11-12-33-25-10-6-19(14-21(25)16-29)20-5-9-23-24(15-20)28-17-27-23/h3-10,14-15,17H,2,11-13,16H2,1H3,(H,27,28). The number of hydrogen-bond donors (Lipinski definition) is 1. The molecule has 0 radical (unpaired) electrons. The van der Waals surface area contributed by atoms with E-state index in [1.807, 2.05) is 31.2 Å². The van der Waals surface area contributed by atoms with Crippen LogP contribution in [0.15, 0.2) is 71.9 Å². The van der Waals surface area contributed by atoms with Crippen molar-refractivity contribution in [2.45, 2.75) is 24.8 Å². The van der Waals surface area contributed by atoms with Gasteiger partial charge in [-0.2, -0.15) is 0 Å². The quantitative estimate of drug-likeness (QED) is 0.460. The number of fused-ring (bicyclic) bond motifs is 2. The van der Waals surface area contributed by atoms with Gasteiger partial charge in [0, 0.05) is 17.7 Å². The van der Waals surface area contributed by atoms with Crippen LogP contribution in [-0.4, -0.2) is 48.1 Å². The molecule has 0 aliphatic carbocycles. The Balaban J connectivity index is 1.39. The van der Waals surface area contributed by atoms with Gasteiger partial charge in [-0.3, -0.25) is 4.79 Å². The molecule has 0 atom stereocenters. The first kappa shape index (κ1) is 22.2. The van der Waals surface area contributed by atoms with Crippen molar-refractivity contribution < 1.29 is 17.9 Å². The number of hydrogen-bond acceptors (Lipinski definition) is 5. The van der Waals surface area contributed by atoms with Gasteiger partial charge in [0.05, 0.1) is 34.6 Å². The molecule has 3 aromatic carbocycles. The molecule has 1 aliphatic rings. The van der Waals surface area contributed by atoms with E-state index in [0.717, 1.165) is 33.5 Å². The van der Waals surface area contributed by atoms with Gasteiger partial charge in [0.2, 0.25) is 0 Å². The van der Waals surface area contributed by atoms with Crippen molar-refractivity contribution in [2.24, 2.45) is 0 Å². The fourth-order valence-corrected chi connectivity index (χ4v) is 5.56. The van der Waals surface area contributed by atoms with E-state index in [1.54, 1.807) is 23.4 Å². The van der Waals surface area contributed by atoms with Crippen molar-refractivity contribution in [1.29, 1.82) is 0 Å². The number of ether oxygens (including phenoxy) is 1. The number of nitrogens with one attached hydrogen (secondary N) is 1. The van der Waals surface area contributed by atoms with Crippen molar-refractivity contribution in [2.75, 3.05) is 18.9 Å². The van der Waals surface area contributed by atoms with Crippen LogP contribution in [0.3, 0.4) is 0 Å². The van der Waals surface area contributed by atoms with E-state index in [-0.39, 0.29) is 16.6 Å². The van der Waals surface area contributed by atoms with Crippen LogP contribution in [0.5, 0.6) is 5.75 Å². The number of benzene rings is 3. The summed E-state index contributed by atoms with van der Waals surface area (Å²) in [5.74, 6) is 0.707. The number of imidazole rings is 1. The molecule has 1 amide bonds. The number of H-pyrrole nitrogens is 1. The Morgan fingerprint density at radius 1 is 1.06 bits per heavy atom. The van der Waals surface area contributed by atoms with Gasteiger partial charge in [-0.15, -0.1) is 0 Å². The summed E-state index contributed by atoms with van der Waals surface area (Å²) in [6.45, 7) is 3.07. The maximum absolute atomic E-state index is 13.2. The van der Waals surface area contributed by atoms with E-state index in [2.05, 4.69) is 22.1 Å². The van der Waals surface area contributed by atoms with Crippen molar-refractivity contribution >= 4 is 26.8 Å². The summed E-state index contributed by atoms with van der Waals surface area (Å²) in [7, 11) is -3.32. The van der Waals surface area contributed by atoms with Crippen LogP contribution in [0.2, 0.25) is 0 Å². The first-order valence-corrected chi connectivity index (χ1v) is 12.9. The van der Waals surface area contributed by atoms with Gasteiger partial charge in [0.15, 0.2) is 9.84 Å². The molecular weight excluding hydrogens is 450 g/mol. The third-order valence-corrected chi connectivity index (χ3v) is 7.95. The van der Waals surface area contributed by atoms with E-state index in [1.165, 1.54) is 12.1 Å². The fourth-order valence-electron chi connectivity index (χ4n) is 4.24. The highest BCUT2D eigenvalue weighted by molar-refractivity contribution is 7.91. The lowest BCUT2D eigenvalue weighted by Gasteiger charge is -2.20. The van der Waals surface area contributed by atoms with Crippen LogP contribution in [0.4, 0.5) is 0 Å². The zero-order chi connectivity index (χ0) is 23.7. The summed E-state index contributed by atoms with van der Waals surface area (Å²) in [6, 6.07) is 18.3. The highest BCUT2D eigenvalue weighted by Gasteiger charge is 2.22. The number of nitrogens with zero attached hydrogens (tertiary/aromatic N) is 2. The normalized spacial score (nSPS) is 13.9. The smallest absolute Gasteiger partial charge is 0.254 e. The first-order valence-electron chi connectivity index (χ1n) is 11.3. The lowest BCUT2D eigenvalue weighted by molar-refractivity contribution is 0.0733. The maximum atomic E-state index is 13.2. The summed E-state index contributed by atoms with van der Waals surface area (Å²) in [6.07, 6.45) is 2.22. The van der Waals surface area contributed by atoms with E-state index in [4.69, 9.17) is 4.74 Å². The summed E-state index contributed by atoms with van der Waals surface area (Å²) in [4.78, 5) is 22.6. The molecule has 1 aliphatic heterocycles. The molecule has 7 nitrogen and oxygen atoms in total. The highest BCUT2D eigenvalue weighted by Crippen LogP contribution is 2.31. The lowest BCUT2D eigenvalue weighted by atomic mass is 10.0. The van der Waals surface area contributed by atoms with Crippen molar-refractivity contribution in [3.63, 3.8) is 0 Å². The Hall–Kier alpha value is -3.65. The monoisotopic (exact) mass is 475 g/mol. The number of aromatic amines is 1. The third-order valence-electron chi connectivity index (χ3n) is 6.01. The SMILES string of the molecule is CCCS(=O)(=O)c1ccc(C(=O)N2CCOc3ccc(-c4ccc5nc[nH]c5c4)cc3C2)cc1. The van der Waals surface area contributed by atoms with Crippen LogP contribution >= 0.6 is 0 Å². The Labute approximate surface area is 198 Å². The minimum atomic E-state index is -3.32. The van der Waals surface area contributed by atoms with Gasteiger partial charge in [0.1, 0.15) is 12.4 Å². The maximum Gasteiger partial charge on any atom is 0.254 e. The van der Waals surface area contributed by atoms with Gasteiger partial charge in [-0.25, -0.2) is 13.4 Å². The number of carbonyl (C=O) groups is 1. The van der Waals surface area contributed by atoms with Gasteiger partial charge >= 0.3 is 0 Å². The second-order valence-electron chi connectivity index (χ2n) is 8.38. The largest absolute Gasteiger partial charge is 0.491 e. The number of rotatable bonds is 5. The molecule has 34 heavy (non-hydrogen) atoms. The lowest BCUT2D eigenvalue weighted by Crippen LogP contribution is -2.32. The van der Waals surface area contributed by atoms with Gasteiger partial charge in [0.25, 0.3) is 5.91 Å². The molecule has 2 heterocycles. The van der Waals surface area contributed by atoms with E-state index in [9.17, 15) is 13.2 Å². The van der Waals surface area contributed by atoms with E-state index >= 15 is 0 Å². The van der Waals surface area contributed by atoms with Gasteiger partial charge < -0.3 is 14.6 Å². The van der Waals surface area contributed by atoms with Crippen LogP contribution in [-0.2, 0) is 16.4 Å². The molecule has 174 valence electrons. The van der Waals surface area contributed by atoms with Crippen molar-refractivity contribution in [1.82, 2.24) is 14.9 Å². The third kappa shape index (κ3) is 4.28. The number of sulfone groups is 1. The summed E-state index contributed by atoms with van der Waals surface area (Å²) >= 11 is 0. The van der Waals surface area contributed by atoms with Crippen LogP contribution in [0.1, 0.15) is 29.3 Å². The van der Waals surface area contributed by atoms with E-state index < -0.39 is 9.84 Å². The minimum Gasteiger partial charge on any atom is -0.491 e. The van der Waals surface area contributed by atoms with E-state index in [0.29, 0.717) is 31.7 Å². The molecular formula is C26H25N3O4S. The summed E-state index contributed by atoms with van der Waals surface area (Å²) < 4.78 is 30.5. The second kappa shape index (κ2) is 8.95. The molecule has 0 bridgehead atoms. The summed E-state index contributed by atoms with van der Waals surface area (Å²) in [5, 5.41) is 0. The highest BCUT2D eigenvalue weighted by atomic mass is 32.2. The fraction of sp³-hybridized carbons (Fsp3) is 0.231. The zero-order valence-corrected chi connectivity index (χ0v) is 19.6. The van der Waals surface area contributed by atoms with Crippen molar-refractivity contribution in [3.05, 3.63) is 78.1 Å². The molecule has 0 spiro atoms. The predicted molar refractivity (Wildman–Crippen MR) is 131 cm³/mol. The second-order valence-corrected chi connectivity index (χ2v) is 10.5. The van der Waals surface area contributed by atoms with Crippen LogP contribution < -0.4 is 4.74 Å². The Morgan fingerprint density at radius 2 is 1.82 bits per heavy atom. The molecule has 1 aromatic heterocycles. The summed E-state index contributed by atoms with van der Waals surface area (Å²) in [5.41, 5.74) is 5.33. The molecule has 1 N–H and O–H groups in total. The molecule has 4 aromatic rings. The number of aromatic nitrogens is 2. The van der Waals surface area contributed by atoms with Gasteiger partial charge in [-0.1, -0.05) is 19.1 Å². The zero-order valence-electron chi connectivity index (χ0n) is 18.8. The average Bonchev–Trinajstić information content (AvgIpc) is 3.21. The molecule has 0 saturated carbocycles. The minimum absolute atomic E-state index is 0.0934. The topological polar surface area (TPSA) is 92.4 Å². The molecule has 5 rings (SSSR count). The Morgan fingerprint density at radius 3 is 2.62 bits per heavy atom. The molecule has 0 unspecified atom stereocenters. The van der Waals surface area contributed by atoms with Gasteiger partial charge in [-0.05, 0) is 66.1 Å². The average molecular weight is 476 g/mol. The van der Waals surface area contributed by atoms with Crippen LogP contribution in [0.25, 0.3) is 22.2 Å². The number of carbonyl (C=O) groups excluding carboxylic acids is 1. The number of amides is 1. The molecule has 0 fully saturated rings. The molecule has 0 saturated heterocycles.